The van der Waals surface area contributed by atoms with Gasteiger partial charge in [0.2, 0.25) is 4.08 Å². The average molecular weight is 235 g/mol. The molecule has 0 radical (unpaired) electrons. The van der Waals surface area contributed by atoms with Crippen LogP contribution in [0.5, 0.6) is 0 Å². The Labute approximate surface area is 86.1 Å². The van der Waals surface area contributed by atoms with E-state index >= 15 is 0 Å². The summed E-state index contributed by atoms with van der Waals surface area (Å²) in [5, 5.41) is 0. The van der Waals surface area contributed by atoms with Crippen molar-refractivity contribution in [1.29, 1.82) is 0 Å². The Bertz CT molecular complexity index is 353. The molecule has 7 heteroatoms. The molecular formula is C7H9NO4S2. The molecule has 0 aromatic carbocycles. The lowest BCUT2D eigenvalue weighted by molar-refractivity contribution is 0.513. The van der Waals surface area contributed by atoms with Crippen LogP contribution in [0.4, 0.5) is 0 Å². The van der Waals surface area contributed by atoms with E-state index in [9.17, 15) is 8.42 Å². The average Bonchev–Trinajstić information content (AvgIpc) is 2.17. The van der Waals surface area contributed by atoms with Crippen molar-refractivity contribution in [3.05, 3.63) is 30.1 Å². The second-order valence-electron chi connectivity index (χ2n) is 2.66. The van der Waals surface area contributed by atoms with E-state index in [2.05, 4.69) is 4.98 Å². The van der Waals surface area contributed by atoms with Gasteiger partial charge in [-0.25, -0.2) is 8.42 Å². The quantitative estimate of drug-likeness (QED) is 0.753. The van der Waals surface area contributed by atoms with E-state index in [1.165, 1.54) is 19.2 Å². The standard InChI is InChI=1S/C7H9NO4S2/c1-7(13(9)10,14(11)12)6-4-2-3-5-8-6/h2-5H,1H3,(H,9,10)(H,11,12). The maximum atomic E-state index is 11.0. The summed E-state index contributed by atoms with van der Waals surface area (Å²) in [6, 6.07) is 4.63. The van der Waals surface area contributed by atoms with E-state index in [1.54, 1.807) is 12.1 Å². The molecule has 0 fully saturated rings. The van der Waals surface area contributed by atoms with Crippen LogP contribution in [0, 0.1) is 0 Å². The summed E-state index contributed by atoms with van der Waals surface area (Å²) in [5.41, 5.74) is 0.113. The number of aromatic nitrogens is 1. The highest BCUT2D eigenvalue weighted by Crippen LogP contribution is 2.27. The van der Waals surface area contributed by atoms with E-state index in [0.29, 0.717) is 0 Å². The first-order chi connectivity index (χ1) is 6.49. The summed E-state index contributed by atoms with van der Waals surface area (Å²) in [6.45, 7) is 1.21. The first-order valence-corrected chi connectivity index (χ1v) is 5.84. The summed E-state index contributed by atoms with van der Waals surface area (Å²) in [5.74, 6) is 0. The molecule has 0 aliphatic rings. The van der Waals surface area contributed by atoms with Crippen LogP contribution in [-0.4, -0.2) is 22.5 Å². The lowest BCUT2D eigenvalue weighted by atomic mass is 10.3. The zero-order valence-electron chi connectivity index (χ0n) is 7.28. The molecule has 14 heavy (non-hydrogen) atoms. The fraction of sp³-hybridized carbons (Fsp3) is 0.286. The van der Waals surface area contributed by atoms with Gasteiger partial charge in [-0.3, -0.25) is 4.98 Å². The highest BCUT2D eigenvalue weighted by atomic mass is 32.3. The maximum Gasteiger partial charge on any atom is 0.210 e. The SMILES string of the molecule is CC(c1ccccn1)(S(=O)O)S(=O)O. The van der Waals surface area contributed by atoms with Crippen molar-refractivity contribution in [2.24, 2.45) is 0 Å². The third kappa shape index (κ3) is 1.90. The molecule has 1 aromatic rings. The molecule has 0 amide bonds. The predicted octanol–water partition coefficient (Wildman–Crippen LogP) is 0.698. The summed E-state index contributed by atoms with van der Waals surface area (Å²) in [4.78, 5) is 3.79. The van der Waals surface area contributed by atoms with Crippen molar-refractivity contribution in [2.75, 3.05) is 0 Å². The Balaban J connectivity index is 3.27. The maximum absolute atomic E-state index is 11.0. The van der Waals surface area contributed by atoms with E-state index in [0.717, 1.165) is 0 Å². The van der Waals surface area contributed by atoms with Crippen LogP contribution in [0.2, 0.25) is 0 Å². The van der Waals surface area contributed by atoms with E-state index < -0.39 is 26.2 Å². The van der Waals surface area contributed by atoms with E-state index in [1.807, 2.05) is 0 Å². The van der Waals surface area contributed by atoms with Crippen molar-refractivity contribution in [3.8, 4) is 0 Å². The Kier molecular flexibility index (Phi) is 3.48. The number of rotatable bonds is 3. The third-order valence-corrected chi connectivity index (χ3v) is 4.40. The summed E-state index contributed by atoms with van der Waals surface area (Å²) < 4.78 is 38.1. The fourth-order valence-corrected chi connectivity index (χ4v) is 1.96. The van der Waals surface area contributed by atoms with Crippen LogP contribution >= 0.6 is 0 Å². The molecular weight excluding hydrogens is 226 g/mol. The molecule has 0 bridgehead atoms. The molecule has 0 saturated heterocycles. The second kappa shape index (κ2) is 4.26. The Morgan fingerprint density at radius 3 is 2.21 bits per heavy atom. The molecule has 2 atom stereocenters. The van der Waals surface area contributed by atoms with E-state index in [4.69, 9.17) is 9.11 Å². The van der Waals surface area contributed by atoms with Crippen LogP contribution in [-0.2, 0) is 26.2 Å². The van der Waals surface area contributed by atoms with Crippen LogP contribution in [0.25, 0.3) is 0 Å². The minimum atomic E-state index is -2.46. The smallest absolute Gasteiger partial charge is 0.210 e. The molecule has 1 heterocycles. The predicted molar refractivity (Wildman–Crippen MR) is 53.1 cm³/mol. The molecule has 2 N–H and O–H groups in total. The largest absolute Gasteiger partial charge is 0.305 e. The van der Waals surface area contributed by atoms with Gasteiger partial charge in [-0.2, -0.15) is 0 Å². The van der Waals surface area contributed by atoms with Crippen molar-refractivity contribution >= 4 is 22.2 Å². The van der Waals surface area contributed by atoms with E-state index in [-0.39, 0.29) is 5.69 Å². The van der Waals surface area contributed by atoms with Crippen molar-refractivity contribution in [2.45, 2.75) is 11.0 Å². The van der Waals surface area contributed by atoms with Gasteiger partial charge in [-0.05, 0) is 19.1 Å². The molecule has 78 valence electrons. The normalized spacial score (nSPS) is 19.6. The number of hydrogen-bond acceptors (Lipinski definition) is 3. The van der Waals surface area contributed by atoms with Gasteiger partial charge in [0.25, 0.3) is 0 Å². The van der Waals surface area contributed by atoms with Crippen LogP contribution < -0.4 is 0 Å². The molecule has 2 unspecified atom stereocenters. The van der Waals surface area contributed by atoms with Gasteiger partial charge in [0, 0.05) is 6.20 Å². The summed E-state index contributed by atoms with van der Waals surface area (Å²) >= 11 is -4.93. The van der Waals surface area contributed by atoms with Crippen LogP contribution in [0.1, 0.15) is 12.6 Å². The third-order valence-electron chi connectivity index (χ3n) is 1.80. The molecule has 0 spiro atoms. The summed E-state index contributed by atoms with van der Waals surface area (Å²) in [6.07, 6.45) is 1.40. The molecule has 0 aliphatic carbocycles. The van der Waals surface area contributed by atoms with Gasteiger partial charge in [-0.1, -0.05) is 6.07 Å². The zero-order valence-corrected chi connectivity index (χ0v) is 8.92. The molecule has 0 aliphatic heterocycles. The topological polar surface area (TPSA) is 87.5 Å². The number of nitrogens with zero attached hydrogens (tertiary/aromatic N) is 1. The summed E-state index contributed by atoms with van der Waals surface area (Å²) in [7, 11) is 0. The van der Waals surface area contributed by atoms with Crippen LogP contribution in [0.15, 0.2) is 24.4 Å². The number of hydrogen-bond donors (Lipinski definition) is 2. The molecule has 1 rings (SSSR count). The van der Waals surface area contributed by atoms with Crippen molar-refractivity contribution < 1.29 is 17.5 Å². The second-order valence-corrected chi connectivity index (χ2v) is 5.55. The molecule has 1 aromatic heterocycles. The minimum Gasteiger partial charge on any atom is -0.305 e. The highest BCUT2D eigenvalue weighted by Gasteiger charge is 2.41. The molecule has 5 nitrogen and oxygen atoms in total. The monoisotopic (exact) mass is 235 g/mol. The molecule has 0 saturated carbocycles. The highest BCUT2D eigenvalue weighted by molar-refractivity contribution is 7.98. The van der Waals surface area contributed by atoms with Gasteiger partial charge in [0.15, 0.2) is 22.2 Å². The van der Waals surface area contributed by atoms with Gasteiger partial charge in [0.1, 0.15) is 0 Å². The van der Waals surface area contributed by atoms with Crippen molar-refractivity contribution in [1.82, 2.24) is 4.98 Å². The van der Waals surface area contributed by atoms with Gasteiger partial charge >= 0.3 is 0 Å². The van der Waals surface area contributed by atoms with Gasteiger partial charge in [-0.15, -0.1) is 0 Å². The Morgan fingerprint density at radius 1 is 1.29 bits per heavy atom. The van der Waals surface area contributed by atoms with Gasteiger partial charge < -0.3 is 9.11 Å². The zero-order chi connectivity index (χ0) is 10.8. The van der Waals surface area contributed by atoms with Crippen LogP contribution in [0.3, 0.4) is 0 Å². The first-order valence-electron chi connectivity index (χ1n) is 3.63. The Morgan fingerprint density at radius 2 is 1.86 bits per heavy atom. The fourth-order valence-electron chi connectivity index (χ4n) is 0.871. The lowest BCUT2D eigenvalue weighted by Gasteiger charge is -2.19. The van der Waals surface area contributed by atoms with Crippen molar-refractivity contribution in [3.63, 3.8) is 0 Å². The number of pyridine rings is 1. The van der Waals surface area contributed by atoms with Gasteiger partial charge in [0.05, 0.1) is 5.69 Å². The lowest BCUT2D eigenvalue weighted by Crippen LogP contribution is -2.33. The minimum absolute atomic E-state index is 0.113. The Hall–Kier alpha value is -0.630. The first kappa shape index (κ1) is 11.4.